The fourth-order valence-corrected chi connectivity index (χ4v) is 5.77. The van der Waals surface area contributed by atoms with Crippen LogP contribution in [0.2, 0.25) is 0 Å². The van der Waals surface area contributed by atoms with Gasteiger partial charge in [0.1, 0.15) is 0 Å². The van der Waals surface area contributed by atoms with Crippen LogP contribution in [0, 0.1) is 0 Å². The molecule has 106 valence electrons. The van der Waals surface area contributed by atoms with Crippen LogP contribution in [0.15, 0.2) is 54.6 Å². The first-order valence-corrected chi connectivity index (χ1v) is 10.9. The molecule has 0 aliphatic carbocycles. The molecule has 1 unspecified atom stereocenters. The van der Waals surface area contributed by atoms with Gasteiger partial charge >= 0.3 is 136 Å². The van der Waals surface area contributed by atoms with Crippen molar-refractivity contribution < 1.29 is 9.05 Å². The number of halogens is 4. The Balaban J connectivity index is 2.25. The second-order valence-electron chi connectivity index (χ2n) is 4.32. The molecule has 0 aromatic heterocycles. The predicted molar refractivity (Wildman–Crippen MR) is 85.7 cm³/mol. The van der Waals surface area contributed by atoms with E-state index in [0.717, 1.165) is 0 Å². The molecular formula is C13H9Cl4O2P. The van der Waals surface area contributed by atoms with E-state index in [1.165, 1.54) is 0 Å². The van der Waals surface area contributed by atoms with Crippen LogP contribution in [0.25, 0.3) is 0 Å². The van der Waals surface area contributed by atoms with Gasteiger partial charge in [0.05, 0.1) is 0 Å². The van der Waals surface area contributed by atoms with Crippen molar-refractivity contribution in [2.45, 2.75) is 5.06 Å². The van der Waals surface area contributed by atoms with E-state index < -0.39 is 10.2 Å². The molecule has 1 aliphatic rings. The minimum atomic E-state index is -4.35. The van der Waals surface area contributed by atoms with Crippen molar-refractivity contribution in [1.82, 2.24) is 0 Å². The number of para-hydroxylation sites is 1. The Morgan fingerprint density at radius 2 is 1.45 bits per heavy atom. The van der Waals surface area contributed by atoms with Crippen LogP contribution in [0.4, 0.5) is 0 Å². The van der Waals surface area contributed by atoms with E-state index in [1.54, 1.807) is 18.2 Å². The molecule has 1 heterocycles. The summed E-state index contributed by atoms with van der Waals surface area (Å²) in [6.07, 6.45) is 0. The maximum atomic E-state index is 6.68. The van der Waals surface area contributed by atoms with Gasteiger partial charge in [-0.15, -0.1) is 0 Å². The van der Waals surface area contributed by atoms with Gasteiger partial charge in [0.2, 0.25) is 0 Å². The molecule has 2 aromatic carbocycles. The van der Waals surface area contributed by atoms with Crippen molar-refractivity contribution in [2.24, 2.45) is 0 Å². The molecule has 0 fully saturated rings. The summed E-state index contributed by atoms with van der Waals surface area (Å²) >= 11 is 25.0. The monoisotopic (exact) mass is 368 g/mol. The topological polar surface area (TPSA) is 18.5 Å². The summed E-state index contributed by atoms with van der Waals surface area (Å²) in [5.74, 6) is 0.412. The van der Waals surface area contributed by atoms with E-state index in [1.807, 2.05) is 36.4 Å². The molecule has 0 spiro atoms. The van der Waals surface area contributed by atoms with Crippen molar-refractivity contribution in [3.63, 3.8) is 0 Å². The van der Waals surface area contributed by atoms with E-state index >= 15 is 0 Å². The number of rotatable bonds is 1. The molecule has 0 bridgehead atoms. The second kappa shape index (κ2) is 4.64. The average molecular weight is 370 g/mol. The molecule has 2 aromatic rings. The first-order valence-electron chi connectivity index (χ1n) is 5.71. The van der Waals surface area contributed by atoms with Crippen molar-refractivity contribution in [1.29, 1.82) is 0 Å². The maximum absolute atomic E-state index is 6.68. The van der Waals surface area contributed by atoms with E-state index in [4.69, 9.17) is 54.4 Å². The number of hydrogen-bond acceptors (Lipinski definition) is 2. The third-order valence-electron chi connectivity index (χ3n) is 2.88. The molecule has 0 saturated heterocycles. The molecule has 0 radical (unpaired) electrons. The summed E-state index contributed by atoms with van der Waals surface area (Å²) in [5, 5.41) is -5.74. The van der Waals surface area contributed by atoms with Crippen molar-refractivity contribution in [3.05, 3.63) is 65.7 Å². The van der Waals surface area contributed by atoms with Crippen LogP contribution >= 0.6 is 50.4 Å². The summed E-state index contributed by atoms with van der Waals surface area (Å²) in [7, 11) is 0. The van der Waals surface area contributed by atoms with Gasteiger partial charge in [-0.1, -0.05) is 0 Å². The molecule has 3 rings (SSSR count). The zero-order chi connectivity index (χ0) is 14.5. The van der Waals surface area contributed by atoms with Crippen LogP contribution in [0.3, 0.4) is 0 Å². The fourth-order valence-electron chi connectivity index (χ4n) is 2.09. The van der Waals surface area contributed by atoms with Crippen molar-refractivity contribution in [2.75, 3.05) is 0 Å². The molecule has 1 aliphatic heterocycles. The molecule has 2 nitrogen and oxygen atoms in total. The minimum absolute atomic E-state index is 0.412. The van der Waals surface area contributed by atoms with Gasteiger partial charge in [-0.05, 0) is 0 Å². The normalized spacial score (nSPS) is 28.5. The van der Waals surface area contributed by atoms with Gasteiger partial charge < -0.3 is 0 Å². The number of hydrogen-bond donors (Lipinski definition) is 0. The van der Waals surface area contributed by atoms with E-state index in [-0.39, 0.29) is 0 Å². The van der Waals surface area contributed by atoms with Crippen LogP contribution in [-0.2, 0) is 9.58 Å². The SMILES string of the molecule is ClC1(c2ccccc2)OP(Cl)(Cl)(Cl)Oc2ccccc21. The van der Waals surface area contributed by atoms with Crippen LogP contribution in [-0.4, -0.2) is 0 Å². The summed E-state index contributed by atoms with van der Waals surface area (Å²) < 4.78 is 11.1. The van der Waals surface area contributed by atoms with Crippen molar-refractivity contribution in [3.8, 4) is 5.75 Å². The Morgan fingerprint density at radius 3 is 2.15 bits per heavy atom. The summed E-state index contributed by atoms with van der Waals surface area (Å²) in [4.78, 5) is 0. The third-order valence-corrected chi connectivity index (χ3v) is 5.77. The molecular weight excluding hydrogens is 361 g/mol. The van der Waals surface area contributed by atoms with Gasteiger partial charge in [-0.3, -0.25) is 0 Å². The number of benzene rings is 2. The summed E-state index contributed by atoms with van der Waals surface area (Å²) in [5.41, 5.74) is 1.28. The number of alkyl halides is 1. The zero-order valence-electron chi connectivity index (χ0n) is 9.97. The Hall–Kier alpha value is -0.210. The Kier molecular flexibility index (Phi) is 3.42. The standard InChI is InChI=1S/C13H9Cl4O2P/c14-13(10-6-2-1-3-7-10)11-8-4-5-9-12(11)18-20(15,16,17)19-13/h1-9H. The zero-order valence-corrected chi connectivity index (χ0v) is 13.9. The molecule has 0 saturated carbocycles. The van der Waals surface area contributed by atoms with Gasteiger partial charge in [-0.2, -0.15) is 0 Å². The van der Waals surface area contributed by atoms with E-state index in [2.05, 4.69) is 0 Å². The van der Waals surface area contributed by atoms with E-state index in [0.29, 0.717) is 16.9 Å². The Bertz CT molecular complexity index is 656. The van der Waals surface area contributed by atoms with Crippen LogP contribution in [0.5, 0.6) is 5.75 Å². The third kappa shape index (κ3) is 2.62. The molecule has 7 heteroatoms. The van der Waals surface area contributed by atoms with Crippen LogP contribution in [0.1, 0.15) is 11.1 Å². The quantitative estimate of drug-likeness (QED) is 0.428. The molecule has 0 N–H and O–H groups in total. The second-order valence-corrected chi connectivity index (χ2v) is 13.7. The van der Waals surface area contributed by atoms with E-state index in [9.17, 15) is 0 Å². The predicted octanol–water partition coefficient (Wildman–Crippen LogP) is 6.38. The van der Waals surface area contributed by atoms with Crippen LogP contribution < -0.4 is 4.52 Å². The first-order chi connectivity index (χ1) is 9.28. The van der Waals surface area contributed by atoms with Gasteiger partial charge in [0, 0.05) is 0 Å². The molecule has 0 amide bonds. The molecule has 1 atom stereocenters. The number of fused-ring (bicyclic) bond motifs is 1. The first kappa shape index (κ1) is 14.7. The fraction of sp³-hybridized carbons (Fsp3) is 0.0769. The Morgan fingerprint density at radius 1 is 0.850 bits per heavy atom. The summed E-state index contributed by atoms with van der Waals surface area (Å²) in [6.45, 7) is 0. The van der Waals surface area contributed by atoms with Gasteiger partial charge in [-0.25, -0.2) is 0 Å². The molecule has 20 heavy (non-hydrogen) atoms. The van der Waals surface area contributed by atoms with Gasteiger partial charge in [0.15, 0.2) is 0 Å². The van der Waals surface area contributed by atoms with Crippen molar-refractivity contribution >= 4 is 50.4 Å². The summed E-state index contributed by atoms with van der Waals surface area (Å²) in [6, 6.07) is 16.3. The van der Waals surface area contributed by atoms with Gasteiger partial charge in [0.25, 0.3) is 0 Å². The average Bonchev–Trinajstić information content (AvgIpc) is 2.37. The Labute approximate surface area is 136 Å².